The molecule has 0 aliphatic rings. The lowest BCUT2D eigenvalue weighted by Crippen LogP contribution is -2.29. The molecule has 0 atom stereocenters. The predicted octanol–water partition coefficient (Wildman–Crippen LogP) is 5.92. The third-order valence-electron chi connectivity index (χ3n) is 4.86. The van der Waals surface area contributed by atoms with Gasteiger partial charge in [-0.25, -0.2) is 9.97 Å². The summed E-state index contributed by atoms with van der Waals surface area (Å²) in [5.41, 5.74) is 0.998. The van der Waals surface area contributed by atoms with Crippen molar-refractivity contribution in [3.63, 3.8) is 0 Å². The molecule has 33 heavy (non-hydrogen) atoms. The monoisotopic (exact) mass is 514 g/mol. The summed E-state index contributed by atoms with van der Waals surface area (Å²) in [7, 11) is 0. The molecular weight excluding hydrogens is 497 g/mol. The van der Waals surface area contributed by atoms with Crippen LogP contribution in [-0.2, 0) is 6.18 Å². The molecule has 1 aromatic heterocycles. The Labute approximate surface area is 196 Å². The van der Waals surface area contributed by atoms with Crippen molar-refractivity contribution in [2.45, 2.75) is 6.18 Å². The second-order valence-corrected chi connectivity index (χ2v) is 8.10. The maximum Gasteiger partial charge on any atom is 0.416 e. The minimum absolute atomic E-state index is 0.160. The van der Waals surface area contributed by atoms with Crippen LogP contribution in [-0.4, -0.2) is 29.0 Å². The number of carbonyl (C=O) groups excluding carboxylic acids is 1. The van der Waals surface area contributed by atoms with Gasteiger partial charge in [0.1, 0.15) is 5.82 Å². The summed E-state index contributed by atoms with van der Waals surface area (Å²) in [6, 6.07) is 19.4. The van der Waals surface area contributed by atoms with Crippen LogP contribution in [0, 0.1) is 0 Å². The van der Waals surface area contributed by atoms with Gasteiger partial charge >= 0.3 is 6.18 Å². The molecule has 4 rings (SSSR count). The molecule has 1 amide bonds. The normalized spacial score (nSPS) is 11.4. The van der Waals surface area contributed by atoms with Gasteiger partial charge in [0.15, 0.2) is 5.82 Å². The Morgan fingerprint density at radius 3 is 2.39 bits per heavy atom. The van der Waals surface area contributed by atoms with E-state index in [4.69, 9.17) is 0 Å². The summed E-state index contributed by atoms with van der Waals surface area (Å²) < 4.78 is 38.9. The van der Waals surface area contributed by atoms with Gasteiger partial charge in [-0.1, -0.05) is 40.2 Å². The van der Waals surface area contributed by atoms with E-state index in [0.717, 1.165) is 45.2 Å². The molecule has 0 aliphatic heterocycles. The molecule has 0 spiro atoms. The highest BCUT2D eigenvalue weighted by Gasteiger charge is 2.30. The SMILES string of the molecule is O=C(NCCNc1nc(-c2cccc(Br)c2)nc2ccccc12)c1ccc(C(F)(F)F)cc1. The molecule has 168 valence electrons. The van der Waals surface area contributed by atoms with Gasteiger partial charge in [0.2, 0.25) is 0 Å². The largest absolute Gasteiger partial charge is 0.416 e. The van der Waals surface area contributed by atoms with Crippen molar-refractivity contribution in [1.29, 1.82) is 0 Å². The van der Waals surface area contributed by atoms with E-state index in [1.807, 2.05) is 48.5 Å². The number of hydrogen-bond donors (Lipinski definition) is 2. The van der Waals surface area contributed by atoms with Crippen LogP contribution in [0.5, 0.6) is 0 Å². The highest BCUT2D eigenvalue weighted by Crippen LogP contribution is 2.29. The molecule has 0 saturated heterocycles. The van der Waals surface area contributed by atoms with E-state index in [-0.39, 0.29) is 12.1 Å². The van der Waals surface area contributed by atoms with Gasteiger partial charge in [-0.15, -0.1) is 0 Å². The first-order chi connectivity index (χ1) is 15.8. The Hall–Kier alpha value is -3.46. The fraction of sp³-hybridized carbons (Fsp3) is 0.125. The maximum absolute atomic E-state index is 12.7. The Bertz CT molecular complexity index is 1290. The van der Waals surface area contributed by atoms with Crippen LogP contribution in [0.1, 0.15) is 15.9 Å². The van der Waals surface area contributed by atoms with Crippen LogP contribution >= 0.6 is 15.9 Å². The highest BCUT2D eigenvalue weighted by atomic mass is 79.9. The number of amides is 1. The fourth-order valence-electron chi connectivity index (χ4n) is 3.24. The topological polar surface area (TPSA) is 66.9 Å². The zero-order chi connectivity index (χ0) is 23.4. The van der Waals surface area contributed by atoms with Crippen LogP contribution in [0.15, 0.2) is 77.3 Å². The number of aromatic nitrogens is 2. The average Bonchev–Trinajstić information content (AvgIpc) is 2.81. The Morgan fingerprint density at radius 1 is 0.909 bits per heavy atom. The summed E-state index contributed by atoms with van der Waals surface area (Å²) in [5, 5.41) is 6.76. The van der Waals surface area contributed by atoms with Gasteiger partial charge < -0.3 is 10.6 Å². The van der Waals surface area contributed by atoms with Gasteiger partial charge in [0.05, 0.1) is 11.1 Å². The van der Waals surface area contributed by atoms with Crippen molar-refractivity contribution < 1.29 is 18.0 Å². The predicted molar refractivity (Wildman–Crippen MR) is 125 cm³/mol. The maximum atomic E-state index is 12.7. The van der Waals surface area contributed by atoms with Crippen molar-refractivity contribution in [2.75, 3.05) is 18.4 Å². The van der Waals surface area contributed by atoms with E-state index < -0.39 is 17.6 Å². The number of nitrogens with zero attached hydrogens (tertiary/aromatic N) is 2. The number of benzene rings is 3. The molecule has 0 fully saturated rings. The molecule has 0 bridgehead atoms. The number of nitrogens with one attached hydrogen (secondary N) is 2. The molecule has 0 radical (unpaired) electrons. The quantitative estimate of drug-likeness (QED) is 0.313. The van der Waals surface area contributed by atoms with Crippen molar-refractivity contribution in [3.8, 4) is 11.4 Å². The van der Waals surface area contributed by atoms with Gasteiger partial charge in [-0.05, 0) is 48.5 Å². The summed E-state index contributed by atoms with van der Waals surface area (Å²) >= 11 is 3.46. The lowest BCUT2D eigenvalue weighted by atomic mass is 10.1. The van der Waals surface area contributed by atoms with Crippen molar-refractivity contribution in [2.24, 2.45) is 0 Å². The summed E-state index contributed by atoms with van der Waals surface area (Å²) in [5.74, 6) is 0.735. The molecular formula is C24H18BrF3N4O. The first-order valence-electron chi connectivity index (χ1n) is 10.0. The first kappa shape index (κ1) is 22.7. The molecule has 0 saturated carbocycles. The van der Waals surface area contributed by atoms with E-state index in [9.17, 15) is 18.0 Å². The number of rotatable bonds is 6. The number of para-hydroxylation sites is 1. The number of anilines is 1. The smallest absolute Gasteiger partial charge is 0.368 e. The van der Waals surface area contributed by atoms with Gasteiger partial charge in [0, 0.05) is 34.1 Å². The first-order valence-corrected chi connectivity index (χ1v) is 10.8. The number of hydrogen-bond acceptors (Lipinski definition) is 4. The Kier molecular flexibility index (Phi) is 6.60. The van der Waals surface area contributed by atoms with Gasteiger partial charge in [0.25, 0.3) is 5.91 Å². The van der Waals surface area contributed by atoms with Crippen LogP contribution in [0.4, 0.5) is 19.0 Å². The lowest BCUT2D eigenvalue weighted by molar-refractivity contribution is -0.137. The second kappa shape index (κ2) is 9.58. The van der Waals surface area contributed by atoms with E-state index >= 15 is 0 Å². The molecule has 5 nitrogen and oxygen atoms in total. The minimum Gasteiger partial charge on any atom is -0.368 e. The lowest BCUT2D eigenvalue weighted by Gasteiger charge is -2.12. The summed E-state index contributed by atoms with van der Waals surface area (Å²) in [4.78, 5) is 21.6. The third-order valence-corrected chi connectivity index (χ3v) is 5.36. The molecule has 3 aromatic carbocycles. The molecule has 2 N–H and O–H groups in total. The van der Waals surface area contributed by atoms with E-state index in [1.54, 1.807) is 0 Å². The fourth-order valence-corrected chi connectivity index (χ4v) is 3.64. The minimum atomic E-state index is -4.44. The van der Waals surface area contributed by atoms with Crippen molar-refractivity contribution in [1.82, 2.24) is 15.3 Å². The van der Waals surface area contributed by atoms with Crippen molar-refractivity contribution >= 4 is 38.6 Å². The Balaban J connectivity index is 1.44. The van der Waals surface area contributed by atoms with E-state index in [2.05, 4.69) is 36.5 Å². The highest BCUT2D eigenvalue weighted by molar-refractivity contribution is 9.10. The number of halogens is 4. The molecule has 1 heterocycles. The third kappa shape index (κ3) is 5.48. The number of carbonyl (C=O) groups is 1. The zero-order valence-corrected chi connectivity index (χ0v) is 18.7. The van der Waals surface area contributed by atoms with Crippen LogP contribution in [0.3, 0.4) is 0 Å². The van der Waals surface area contributed by atoms with E-state index in [0.29, 0.717) is 18.2 Å². The molecule has 9 heteroatoms. The van der Waals surface area contributed by atoms with E-state index in [1.165, 1.54) is 0 Å². The number of fused-ring (bicyclic) bond motifs is 1. The molecule has 0 aliphatic carbocycles. The molecule has 0 unspecified atom stereocenters. The van der Waals surface area contributed by atoms with Crippen molar-refractivity contribution in [3.05, 3.63) is 88.4 Å². The second-order valence-electron chi connectivity index (χ2n) is 7.18. The van der Waals surface area contributed by atoms with Gasteiger partial charge in [-0.3, -0.25) is 4.79 Å². The molecule has 4 aromatic rings. The summed E-state index contributed by atoms with van der Waals surface area (Å²) in [6.45, 7) is 0.621. The Morgan fingerprint density at radius 2 is 1.67 bits per heavy atom. The average molecular weight is 515 g/mol. The summed E-state index contributed by atoms with van der Waals surface area (Å²) in [6.07, 6.45) is -4.44. The zero-order valence-electron chi connectivity index (χ0n) is 17.2. The van der Waals surface area contributed by atoms with Crippen LogP contribution in [0.25, 0.3) is 22.3 Å². The standard InChI is InChI=1S/C24H18BrF3N4O/c25-18-5-3-4-16(14-18)21-31-20-7-2-1-6-19(20)22(32-21)29-12-13-30-23(33)15-8-10-17(11-9-15)24(26,27)28/h1-11,14H,12-13H2,(H,30,33)(H,29,31,32). The van der Waals surface area contributed by atoms with Gasteiger partial charge in [-0.2, -0.15) is 13.2 Å². The number of alkyl halides is 3. The van der Waals surface area contributed by atoms with Crippen LogP contribution < -0.4 is 10.6 Å². The van der Waals surface area contributed by atoms with Crippen LogP contribution in [0.2, 0.25) is 0 Å².